The molecule has 0 radical (unpaired) electrons. The number of aryl methyl sites for hydroxylation is 2. The number of nitrogens with zero attached hydrogens (tertiary/aromatic N) is 1. The summed E-state index contributed by atoms with van der Waals surface area (Å²) in [5.74, 6) is -0.929. The lowest BCUT2D eigenvalue weighted by Crippen LogP contribution is -2.38. The van der Waals surface area contributed by atoms with Gasteiger partial charge in [0, 0.05) is 34.9 Å². The zero-order chi connectivity index (χ0) is 22.9. The molecule has 1 aromatic carbocycles. The molecule has 0 bridgehead atoms. The molecule has 0 spiro atoms. The molecule has 2 aromatic heterocycles. The van der Waals surface area contributed by atoms with Crippen LogP contribution >= 0.6 is 11.3 Å². The molecule has 0 aliphatic carbocycles. The summed E-state index contributed by atoms with van der Waals surface area (Å²) in [7, 11) is 0. The van der Waals surface area contributed by atoms with Gasteiger partial charge in [0.2, 0.25) is 5.78 Å². The Morgan fingerprint density at radius 2 is 1.81 bits per heavy atom. The van der Waals surface area contributed by atoms with Crippen LogP contribution < -0.4 is 10.6 Å². The fourth-order valence-electron chi connectivity index (χ4n) is 3.37. The topological polar surface area (TPSA) is 89.4 Å². The van der Waals surface area contributed by atoms with E-state index in [0.717, 1.165) is 29.9 Å². The lowest BCUT2D eigenvalue weighted by atomic mass is 10.1. The summed E-state index contributed by atoms with van der Waals surface area (Å²) in [5, 5.41) is 7.14. The molecule has 2 N–H and O–H groups in total. The number of carbonyl (C=O) groups excluding carboxylic acids is 3. The number of thiophene rings is 1. The number of nitrogens with one attached hydrogen (secondary N) is 2. The van der Waals surface area contributed by atoms with Gasteiger partial charge < -0.3 is 19.9 Å². The fourth-order valence-corrected chi connectivity index (χ4v) is 4.07. The Morgan fingerprint density at radius 1 is 1.03 bits per heavy atom. The lowest BCUT2D eigenvalue weighted by Gasteiger charge is -2.09. The molecular formula is C24H27N3O4S. The number of ketones is 1. The monoisotopic (exact) mass is 453 g/mol. The van der Waals surface area contributed by atoms with Gasteiger partial charge in [-0.25, -0.2) is 4.79 Å². The van der Waals surface area contributed by atoms with Gasteiger partial charge in [-0.2, -0.15) is 0 Å². The van der Waals surface area contributed by atoms with Gasteiger partial charge in [-0.1, -0.05) is 36.4 Å². The van der Waals surface area contributed by atoms with Crippen molar-refractivity contribution >= 4 is 29.1 Å². The van der Waals surface area contributed by atoms with Crippen LogP contribution in [-0.2, 0) is 29.0 Å². The third-order valence-corrected chi connectivity index (χ3v) is 6.03. The molecule has 32 heavy (non-hydrogen) atoms. The molecule has 0 saturated carbocycles. The first-order valence-corrected chi connectivity index (χ1v) is 11.3. The number of esters is 1. The van der Waals surface area contributed by atoms with E-state index in [4.69, 9.17) is 4.74 Å². The zero-order valence-electron chi connectivity index (χ0n) is 18.2. The van der Waals surface area contributed by atoms with E-state index in [-0.39, 0.29) is 18.9 Å². The molecule has 0 aliphatic heterocycles. The molecule has 3 rings (SSSR count). The number of aromatic nitrogens is 1. The Morgan fingerprint density at radius 3 is 2.53 bits per heavy atom. The Balaban J connectivity index is 1.42. The molecule has 2 heterocycles. The van der Waals surface area contributed by atoms with E-state index in [2.05, 4.69) is 26.6 Å². The molecule has 0 atom stereocenters. The van der Waals surface area contributed by atoms with Crippen molar-refractivity contribution in [1.29, 1.82) is 0 Å². The Labute approximate surface area is 191 Å². The highest BCUT2D eigenvalue weighted by atomic mass is 32.1. The Kier molecular flexibility index (Phi) is 8.21. The summed E-state index contributed by atoms with van der Waals surface area (Å²) in [4.78, 5) is 37.6. The van der Waals surface area contributed by atoms with Crippen molar-refractivity contribution in [2.75, 3.05) is 13.2 Å². The first kappa shape index (κ1) is 23.3. The molecule has 0 fully saturated rings. The standard InChI is InChI=1S/C24H27N3O4S/c1-17-13-21(18(2)27(17)11-10-20-9-6-12-32-20)22(28)16-31-23(29)15-26-24(30)25-14-19-7-4-3-5-8-19/h3-9,12-13H,10-11,14-16H2,1-2H3,(H2,25,26,30). The minimum atomic E-state index is -0.667. The van der Waals surface area contributed by atoms with Crippen LogP contribution in [0.1, 0.15) is 32.2 Å². The van der Waals surface area contributed by atoms with E-state index in [0.29, 0.717) is 12.1 Å². The zero-order valence-corrected chi connectivity index (χ0v) is 19.0. The van der Waals surface area contributed by atoms with Gasteiger partial charge in [-0.3, -0.25) is 9.59 Å². The Hall–Kier alpha value is -3.39. The highest BCUT2D eigenvalue weighted by molar-refractivity contribution is 7.09. The van der Waals surface area contributed by atoms with E-state index >= 15 is 0 Å². The summed E-state index contributed by atoms with van der Waals surface area (Å²) >= 11 is 1.71. The van der Waals surface area contributed by atoms with Gasteiger partial charge in [0.25, 0.3) is 0 Å². The van der Waals surface area contributed by atoms with Crippen LogP contribution in [0.4, 0.5) is 4.79 Å². The number of amides is 2. The molecule has 7 nitrogen and oxygen atoms in total. The summed E-state index contributed by atoms with van der Waals surface area (Å²) in [6.07, 6.45) is 0.897. The third kappa shape index (κ3) is 6.55. The predicted molar refractivity (Wildman–Crippen MR) is 124 cm³/mol. The number of Topliss-reactive ketones (excluding diaryl/α,β-unsaturated/α-hetero) is 1. The molecule has 3 aromatic rings. The lowest BCUT2D eigenvalue weighted by molar-refractivity contribution is -0.141. The summed E-state index contributed by atoms with van der Waals surface area (Å²) < 4.78 is 7.16. The number of hydrogen-bond donors (Lipinski definition) is 2. The first-order chi connectivity index (χ1) is 15.4. The van der Waals surface area contributed by atoms with Crippen LogP contribution in [0.2, 0.25) is 0 Å². The van der Waals surface area contributed by atoms with Crippen LogP contribution in [0.3, 0.4) is 0 Å². The summed E-state index contributed by atoms with van der Waals surface area (Å²) in [6.45, 7) is 4.32. The fraction of sp³-hybridized carbons (Fsp3) is 0.292. The van der Waals surface area contributed by atoms with Gasteiger partial charge >= 0.3 is 12.0 Å². The highest BCUT2D eigenvalue weighted by Crippen LogP contribution is 2.18. The maximum absolute atomic E-state index is 12.6. The van der Waals surface area contributed by atoms with Gasteiger partial charge in [0.1, 0.15) is 6.54 Å². The average molecular weight is 454 g/mol. The van der Waals surface area contributed by atoms with E-state index in [1.807, 2.05) is 56.3 Å². The summed E-state index contributed by atoms with van der Waals surface area (Å²) in [5.41, 5.74) is 3.35. The third-order valence-electron chi connectivity index (χ3n) is 5.09. The molecule has 0 aliphatic rings. The molecule has 168 valence electrons. The second-order valence-electron chi connectivity index (χ2n) is 7.37. The Bertz CT molecular complexity index is 1060. The molecular weight excluding hydrogens is 426 g/mol. The quantitative estimate of drug-likeness (QED) is 0.362. The van der Waals surface area contributed by atoms with Crippen molar-refractivity contribution in [3.8, 4) is 0 Å². The smallest absolute Gasteiger partial charge is 0.325 e. The van der Waals surface area contributed by atoms with Crippen LogP contribution in [0.25, 0.3) is 0 Å². The first-order valence-electron chi connectivity index (χ1n) is 10.4. The highest BCUT2D eigenvalue weighted by Gasteiger charge is 2.17. The predicted octanol–water partition coefficient (Wildman–Crippen LogP) is 3.63. The summed E-state index contributed by atoms with van der Waals surface area (Å²) in [6, 6.07) is 14.9. The van der Waals surface area contributed by atoms with Crippen molar-refractivity contribution in [2.45, 2.75) is 33.4 Å². The normalized spacial score (nSPS) is 10.6. The van der Waals surface area contributed by atoms with Gasteiger partial charge in [-0.05, 0) is 43.3 Å². The number of urea groups is 1. The minimum absolute atomic E-state index is 0.262. The van der Waals surface area contributed by atoms with Crippen LogP contribution in [0, 0.1) is 13.8 Å². The van der Waals surface area contributed by atoms with Crippen LogP contribution in [-0.4, -0.2) is 35.5 Å². The average Bonchev–Trinajstić information content (AvgIpc) is 3.41. The van der Waals surface area contributed by atoms with E-state index < -0.39 is 12.0 Å². The number of ether oxygens (including phenoxy) is 1. The van der Waals surface area contributed by atoms with Crippen molar-refractivity contribution in [2.24, 2.45) is 0 Å². The van der Waals surface area contributed by atoms with Crippen LogP contribution in [0.15, 0.2) is 53.9 Å². The van der Waals surface area contributed by atoms with E-state index in [9.17, 15) is 14.4 Å². The van der Waals surface area contributed by atoms with E-state index in [1.54, 1.807) is 11.3 Å². The number of carbonyl (C=O) groups is 3. The van der Waals surface area contributed by atoms with Gasteiger partial charge in [0.05, 0.1) is 0 Å². The van der Waals surface area contributed by atoms with Crippen LogP contribution in [0.5, 0.6) is 0 Å². The van der Waals surface area contributed by atoms with Crippen molar-refractivity contribution in [3.63, 3.8) is 0 Å². The maximum Gasteiger partial charge on any atom is 0.325 e. The second kappa shape index (κ2) is 11.3. The molecule has 0 unspecified atom stereocenters. The number of benzene rings is 1. The molecule has 2 amide bonds. The largest absolute Gasteiger partial charge is 0.456 e. The minimum Gasteiger partial charge on any atom is -0.456 e. The van der Waals surface area contributed by atoms with Crippen molar-refractivity contribution in [1.82, 2.24) is 15.2 Å². The number of rotatable bonds is 10. The van der Waals surface area contributed by atoms with Gasteiger partial charge in [0.15, 0.2) is 6.61 Å². The molecule has 0 saturated heterocycles. The van der Waals surface area contributed by atoms with Crippen molar-refractivity contribution < 1.29 is 19.1 Å². The van der Waals surface area contributed by atoms with Crippen molar-refractivity contribution in [3.05, 3.63) is 81.3 Å². The second-order valence-corrected chi connectivity index (χ2v) is 8.40. The number of hydrogen-bond acceptors (Lipinski definition) is 5. The van der Waals surface area contributed by atoms with Gasteiger partial charge in [-0.15, -0.1) is 11.3 Å². The SMILES string of the molecule is Cc1cc(C(=O)COC(=O)CNC(=O)NCc2ccccc2)c(C)n1CCc1cccs1. The maximum atomic E-state index is 12.6. The molecule has 8 heteroatoms. The van der Waals surface area contributed by atoms with E-state index in [1.165, 1.54) is 4.88 Å².